The standard InChI is InChI=1S/C15H23NO4/c1-5-16-14(10-15(17)20-6-2)11-7-12(18-3)9-13(8-11)19-4/h7-9,14,16H,5-6,10H2,1-4H3. The molecule has 0 bridgehead atoms. The second-order valence-corrected chi connectivity index (χ2v) is 4.27. The second-order valence-electron chi connectivity index (χ2n) is 4.27. The van der Waals surface area contributed by atoms with Crippen LogP contribution in [0.4, 0.5) is 0 Å². The minimum atomic E-state index is -0.222. The Bertz CT molecular complexity index is 412. The predicted octanol–water partition coefficient (Wildman–Crippen LogP) is 2.31. The lowest BCUT2D eigenvalue weighted by molar-refractivity contribution is -0.143. The Morgan fingerprint density at radius 1 is 1.15 bits per heavy atom. The van der Waals surface area contributed by atoms with Crippen molar-refractivity contribution in [1.82, 2.24) is 5.32 Å². The van der Waals surface area contributed by atoms with Crippen molar-refractivity contribution in [1.29, 1.82) is 0 Å². The first-order chi connectivity index (χ1) is 9.64. The van der Waals surface area contributed by atoms with Gasteiger partial charge in [-0.15, -0.1) is 0 Å². The predicted molar refractivity (Wildman–Crippen MR) is 77.2 cm³/mol. The first-order valence-electron chi connectivity index (χ1n) is 6.76. The van der Waals surface area contributed by atoms with Crippen molar-refractivity contribution < 1.29 is 19.0 Å². The number of carbonyl (C=O) groups is 1. The molecule has 0 aliphatic heterocycles. The molecule has 0 radical (unpaired) electrons. The molecular formula is C15H23NO4. The number of hydrogen-bond donors (Lipinski definition) is 1. The van der Waals surface area contributed by atoms with Crippen molar-refractivity contribution in [3.8, 4) is 11.5 Å². The summed E-state index contributed by atoms with van der Waals surface area (Å²) in [5.74, 6) is 1.18. The molecule has 1 unspecified atom stereocenters. The molecule has 0 aliphatic rings. The van der Waals surface area contributed by atoms with Crippen LogP contribution in [0.15, 0.2) is 18.2 Å². The first kappa shape index (κ1) is 16.3. The van der Waals surface area contributed by atoms with Crippen LogP contribution in [0.1, 0.15) is 31.9 Å². The Hall–Kier alpha value is -1.75. The van der Waals surface area contributed by atoms with Gasteiger partial charge in [-0.25, -0.2) is 0 Å². The van der Waals surface area contributed by atoms with Crippen LogP contribution in [-0.4, -0.2) is 33.3 Å². The molecule has 20 heavy (non-hydrogen) atoms. The monoisotopic (exact) mass is 281 g/mol. The van der Waals surface area contributed by atoms with Gasteiger partial charge in [0.25, 0.3) is 0 Å². The van der Waals surface area contributed by atoms with Crippen molar-refractivity contribution >= 4 is 5.97 Å². The Labute approximate surface area is 120 Å². The fourth-order valence-corrected chi connectivity index (χ4v) is 1.97. The number of rotatable bonds is 8. The highest BCUT2D eigenvalue weighted by atomic mass is 16.5. The van der Waals surface area contributed by atoms with Crippen LogP contribution in [0.2, 0.25) is 0 Å². The molecule has 5 heteroatoms. The van der Waals surface area contributed by atoms with E-state index in [4.69, 9.17) is 14.2 Å². The van der Waals surface area contributed by atoms with Crippen LogP contribution < -0.4 is 14.8 Å². The Kier molecular flexibility index (Phi) is 6.87. The maximum Gasteiger partial charge on any atom is 0.307 e. The van der Waals surface area contributed by atoms with Gasteiger partial charge < -0.3 is 19.5 Å². The molecule has 1 atom stereocenters. The maximum absolute atomic E-state index is 11.7. The quantitative estimate of drug-likeness (QED) is 0.741. The summed E-state index contributed by atoms with van der Waals surface area (Å²) in [6, 6.07) is 5.48. The average Bonchev–Trinajstić information content (AvgIpc) is 2.46. The van der Waals surface area contributed by atoms with E-state index in [0.29, 0.717) is 18.1 Å². The zero-order chi connectivity index (χ0) is 15.0. The molecule has 1 aromatic carbocycles. The molecule has 0 amide bonds. The molecule has 1 aromatic rings. The number of nitrogens with one attached hydrogen (secondary N) is 1. The normalized spacial score (nSPS) is 11.8. The Morgan fingerprint density at radius 2 is 1.75 bits per heavy atom. The van der Waals surface area contributed by atoms with Gasteiger partial charge in [0.1, 0.15) is 11.5 Å². The van der Waals surface area contributed by atoms with E-state index in [1.165, 1.54) is 0 Å². The zero-order valence-corrected chi connectivity index (χ0v) is 12.6. The van der Waals surface area contributed by atoms with E-state index in [9.17, 15) is 4.79 Å². The van der Waals surface area contributed by atoms with Crippen LogP contribution in [0.5, 0.6) is 11.5 Å². The van der Waals surface area contributed by atoms with Crippen LogP contribution in [0.3, 0.4) is 0 Å². The minimum absolute atomic E-state index is 0.122. The summed E-state index contributed by atoms with van der Waals surface area (Å²) in [5.41, 5.74) is 0.941. The molecule has 1 rings (SSSR count). The van der Waals surface area contributed by atoms with E-state index in [-0.39, 0.29) is 18.4 Å². The molecule has 112 valence electrons. The molecule has 0 aliphatic carbocycles. The van der Waals surface area contributed by atoms with E-state index < -0.39 is 0 Å². The topological polar surface area (TPSA) is 56.8 Å². The van der Waals surface area contributed by atoms with Crippen LogP contribution >= 0.6 is 0 Å². The van der Waals surface area contributed by atoms with E-state index in [1.54, 1.807) is 27.2 Å². The van der Waals surface area contributed by atoms with Gasteiger partial charge in [-0.1, -0.05) is 6.92 Å². The number of benzene rings is 1. The number of methoxy groups -OCH3 is 2. The number of carbonyl (C=O) groups excluding carboxylic acids is 1. The lowest BCUT2D eigenvalue weighted by atomic mass is 10.0. The summed E-state index contributed by atoms with van der Waals surface area (Å²) in [4.78, 5) is 11.7. The van der Waals surface area contributed by atoms with Gasteiger partial charge >= 0.3 is 5.97 Å². The molecule has 0 spiro atoms. The Morgan fingerprint density at radius 3 is 2.20 bits per heavy atom. The molecule has 0 aromatic heterocycles. The SMILES string of the molecule is CCNC(CC(=O)OCC)c1cc(OC)cc(OC)c1. The molecule has 0 saturated carbocycles. The Balaban J connectivity index is 2.97. The molecule has 0 saturated heterocycles. The highest BCUT2D eigenvalue weighted by Crippen LogP contribution is 2.28. The van der Waals surface area contributed by atoms with Crippen molar-refractivity contribution in [2.75, 3.05) is 27.4 Å². The molecule has 0 fully saturated rings. The average molecular weight is 281 g/mol. The smallest absolute Gasteiger partial charge is 0.307 e. The molecule has 5 nitrogen and oxygen atoms in total. The largest absolute Gasteiger partial charge is 0.497 e. The molecule has 0 heterocycles. The third kappa shape index (κ3) is 4.74. The van der Waals surface area contributed by atoms with Gasteiger partial charge in [-0.2, -0.15) is 0 Å². The maximum atomic E-state index is 11.7. The van der Waals surface area contributed by atoms with Crippen molar-refractivity contribution in [3.05, 3.63) is 23.8 Å². The van der Waals surface area contributed by atoms with E-state index >= 15 is 0 Å². The fraction of sp³-hybridized carbons (Fsp3) is 0.533. The lowest BCUT2D eigenvalue weighted by Gasteiger charge is -2.19. The zero-order valence-electron chi connectivity index (χ0n) is 12.6. The summed E-state index contributed by atoms with van der Waals surface area (Å²) in [7, 11) is 3.21. The van der Waals surface area contributed by atoms with Gasteiger partial charge in [0, 0.05) is 12.1 Å². The van der Waals surface area contributed by atoms with Gasteiger partial charge in [0.2, 0.25) is 0 Å². The van der Waals surface area contributed by atoms with Crippen molar-refractivity contribution in [2.45, 2.75) is 26.3 Å². The van der Waals surface area contributed by atoms with Crippen LogP contribution in [0, 0.1) is 0 Å². The van der Waals surface area contributed by atoms with Gasteiger partial charge in [-0.3, -0.25) is 4.79 Å². The fourth-order valence-electron chi connectivity index (χ4n) is 1.97. The number of hydrogen-bond acceptors (Lipinski definition) is 5. The number of ether oxygens (including phenoxy) is 3. The van der Waals surface area contributed by atoms with Crippen LogP contribution in [0.25, 0.3) is 0 Å². The minimum Gasteiger partial charge on any atom is -0.497 e. The van der Waals surface area contributed by atoms with E-state index in [1.807, 2.05) is 19.1 Å². The molecule has 1 N–H and O–H groups in total. The third-order valence-electron chi connectivity index (χ3n) is 2.90. The summed E-state index contributed by atoms with van der Waals surface area (Å²) in [6.45, 7) is 4.94. The van der Waals surface area contributed by atoms with Gasteiger partial charge in [0.05, 0.1) is 27.2 Å². The van der Waals surface area contributed by atoms with Crippen molar-refractivity contribution in [3.63, 3.8) is 0 Å². The summed E-state index contributed by atoms with van der Waals surface area (Å²) in [6.07, 6.45) is 0.276. The second kappa shape index (κ2) is 8.43. The van der Waals surface area contributed by atoms with Crippen molar-refractivity contribution in [2.24, 2.45) is 0 Å². The van der Waals surface area contributed by atoms with E-state index in [2.05, 4.69) is 5.32 Å². The molecular weight excluding hydrogens is 258 g/mol. The van der Waals surface area contributed by atoms with E-state index in [0.717, 1.165) is 12.1 Å². The highest BCUT2D eigenvalue weighted by Gasteiger charge is 2.17. The van der Waals surface area contributed by atoms with Gasteiger partial charge in [0.15, 0.2) is 0 Å². The third-order valence-corrected chi connectivity index (χ3v) is 2.90. The lowest BCUT2D eigenvalue weighted by Crippen LogP contribution is -2.24. The summed E-state index contributed by atoms with van der Waals surface area (Å²) < 4.78 is 15.5. The first-order valence-corrected chi connectivity index (χ1v) is 6.76. The summed E-state index contributed by atoms with van der Waals surface area (Å²) >= 11 is 0. The number of esters is 1. The summed E-state index contributed by atoms with van der Waals surface area (Å²) in [5, 5.41) is 3.28. The van der Waals surface area contributed by atoms with Gasteiger partial charge in [-0.05, 0) is 31.2 Å². The highest BCUT2D eigenvalue weighted by molar-refractivity contribution is 5.70. The van der Waals surface area contributed by atoms with Crippen LogP contribution in [-0.2, 0) is 9.53 Å².